The first kappa shape index (κ1) is 13.4. The molecule has 0 bridgehead atoms. The first-order valence-electron chi connectivity index (χ1n) is 5.74. The lowest BCUT2D eigenvalue weighted by Gasteiger charge is -2.30. The Labute approximate surface area is 97.0 Å². The summed E-state index contributed by atoms with van der Waals surface area (Å²) in [5, 5.41) is 0. The van der Waals surface area contributed by atoms with Crippen molar-refractivity contribution >= 4 is 15.9 Å². The number of carbonyl (C=O) groups is 1. The van der Waals surface area contributed by atoms with E-state index in [0.717, 1.165) is 12.8 Å². The van der Waals surface area contributed by atoms with Crippen LogP contribution in [0.3, 0.4) is 0 Å². The van der Waals surface area contributed by atoms with Crippen LogP contribution in [0.1, 0.15) is 32.6 Å². The Morgan fingerprint density at radius 3 is 2.75 bits per heavy atom. The second kappa shape index (κ2) is 5.63. The molecule has 1 aliphatic rings. The molecule has 0 spiro atoms. The average molecular weight is 248 g/mol. The number of unbranched alkanes of at least 4 members (excludes halogenated alkanes) is 1. The first-order valence-corrected chi connectivity index (χ1v) is 7.35. The monoisotopic (exact) mass is 248 g/mol. The Bertz CT molecular complexity index is 340. The molecule has 5 nitrogen and oxygen atoms in total. The molecular formula is C10H20N2O3S. The Morgan fingerprint density at radius 1 is 1.50 bits per heavy atom. The summed E-state index contributed by atoms with van der Waals surface area (Å²) in [6, 6.07) is 0. The molecule has 0 radical (unpaired) electrons. The minimum atomic E-state index is -3.19. The van der Waals surface area contributed by atoms with Gasteiger partial charge in [-0.2, -0.15) is 0 Å². The van der Waals surface area contributed by atoms with Gasteiger partial charge < -0.3 is 5.73 Å². The highest BCUT2D eigenvalue weighted by Crippen LogP contribution is 2.19. The van der Waals surface area contributed by atoms with Crippen molar-refractivity contribution < 1.29 is 13.2 Å². The molecule has 2 N–H and O–H groups in total. The van der Waals surface area contributed by atoms with Crippen molar-refractivity contribution in [1.29, 1.82) is 0 Å². The molecule has 6 heteroatoms. The van der Waals surface area contributed by atoms with Gasteiger partial charge >= 0.3 is 0 Å². The van der Waals surface area contributed by atoms with Crippen molar-refractivity contribution in [3.05, 3.63) is 0 Å². The summed E-state index contributed by atoms with van der Waals surface area (Å²) >= 11 is 0. The number of carbonyl (C=O) groups excluding carboxylic acids is 1. The molecule has 1 rings (SSSR count). The number of primary amides is 1. The molecule has 0 aromatic heterocycles. The van der Waals surface area contributed by atoms with Crippen LogP contribution in [0.2, 0.25) is 0 Å². The molecule has 1 aliphatic heterocycles. The number of hydrogen-bond donors (Lipinski definition) is 1. The summed E-state index contributed by atoms with van der Waals surface area (Å²) in [5.74, 6) is -0.532. The number of sulfonamides is 1. The van der Waals surface area contributed by atoms with E-state index in [1.54, 1.807) is 0 Å². The van der Waals surface area contributed by atoms with Crippen LogP contribution in [0.4, 0.5) is 0 Å². The Morgan fingerprint density at radius 2 is 2.19 bits per heavy atom. The third-order valence-electron chi connectivity index (χ3n) is 2.94. The molecule has 94 valence electrons. The SMILES string of the molecule is CCCCS(=O)(=O)N1CCC[C@@H](C(N)=O)C1. The van der Waals surface area contributed by atoms with Crippen molar-refractivity contribution in [3.8, 4) is 0 Å². The van der Waals surface area contributed by atoms with Crippen molar-refractivity contribution in [2.24, 2.45) is 11.7 Å². The van der Waals surface area contributed by atoms with Crippen molar-refractivity contribution in [2.45, 2.75) is 32.6 Å². The maximum atomic E-state index is 11.9. The Balaban J connectivity index is 2.62. The lowest BCUT2D eigenvalue weighted by Crippen LogP contribution is -2.44. The summed E-state index contributed by atoms with van der Waals surface area (Å²) in [4.78, 5) is 11.0. The van der Waals surface area contributed by atoms with Crippen LogP contribution in [0.15, 0.2) is 0 Å². The van der Waals surface area contributed by atoms with Gasteiger partial charge in [0.25, 0.3) is 0 Å². The van der Waals surface area contributed by atoms with Crippen molar-refractivity contribution in [3.63, 3.8) is 0 Å². The summed E-state index contributed by atoms with van der Waals surface area (Å²) < 4.78 is 25.2. The minimum Gasteiger partial charge on any atom is -0.369 e. The highest BCUT2D eigenvalue weighted by Gasteiger charge is 2.30. The van der Waals surface area contributed by atoms with E-state index in [1.165, 1.54) is 4.31 Å². The van der Waals surface area contributed by atoms with Crippen LogP contribution in [-0.2, 0) is 14.8 Å². The Hall–Kier alpha value is -0.620. The van der Waals surface area contributed by atoms with Gasteiger partial charge in [-0.3, -0.25) is 4.79 Å². The van der Waals surface area contributed by atoms with E-state index < -0.39 is 15.9 Å². The third kappa shape index (κ3) is 3.45. The van der Waals surface area contributed by atoms with Gasteiger partial charge in [-0.25, -0.2) is 12.7 Å². The summed E-state index contributed by atoms with van der Waals surface area (Å²) in [7, 11) is -3.19. The molecule has 0 unspecified atom stereocenters. The number of rotatable bonds is 5. The van der Waals surface area contributed by atoms with Gasteiger partial charge in [-0.05, 0) is 19.3 Å². The number of hydrogen-bond acceptors (Lipinski definition) is 3. The normalized spacial score (nSPS) is 23.2. The fourth-order valence-corrected chi connectivity index (χ4v) is 3.61. The van der Waals surface area contributed by atoms with Crippen LogP contribution in [0.5, 0.6) is 0 Å². The van der Waals surface area contributed by atoms with Crippen LogP contribution < -0.4 is 5.73 Å². The van der Waals surface area contributed by atoms with Gasteiger partial charge in [-0.1, -0.05) is 13.3 Å². The number of piperidine rings is 1. The molecule has 0 aromatic carbocycles. The van der Waals surface area contributed by atoms with Crippen LogP contribution in [-0.4, -0.2) is 37.5 Å². The lowest BCUT2D eigenvalue weighted by molar-refractivity contribution is -0.122. The highest BCUT2D eigenvalue weighted by atomic mass is 32.2. The van der Waals surface area contributed by atoms with E-state index in [4.69, 9.17) is 5.73 Å². The predicted molar refractivity (Wildman–Crippen MR) is 62.2 cm³/mol. The van der Waals surface area contributed by atoms with Gasteiger partial charge in [0.1, 0.15) is 0 Å². The first-order chi connectivity index (χ1) is 7.47. The van der Waals surface area contributed by atoms with E-state index in [2.05, 4.69) is 0 Å². The molecule has 1 saturated heterocycles. The van der Waals surface area contributed by atoms with Gasteiger partial charge in [0.2, 0.25) is 15.9 Å². The van der Waals surface area contributed by atoms with E-state index >= 15 is 0 Å². The molecule has 16 heavy (non-hydrogen) atoms. The second-order valence-corrected chi connectivity index (χ2v) is 6.36. The molecule has 1 amide bonds. The van der Waals surface area contributed by atoms with Crippen molar-refractivity contribution in [1.82, 2.24) is 4.31 Å². The average Bonchev–Trinajstić information content (AvgIpc) is 2.26. The fourth-order valence-electron chi connectivity index (χ4n) is 1.88. The Kier molecular flexibility index (Phi) is 4.73. The topological polar surface area (TPSA) is 80.5 Å². The zero-order chi connectivity index (χ0) is 12.2. The van der Waals surface area contributed by atoms with Crippen LogP contribution in [0.25, 0.3) is 0 Å². The molecule has 0 saturated carbocycles. The lowest BCUT2D eigenvalue weighted by atomic mass is 9.99. The third-order valence-corrected chi connectivity index (χ3v) is 4.86. The maximum absolute atomic E-state index is 11.9. The number of nitrogens with two attached hydrogens (primary N) is 1. The quantitative estimate of drug-likeness (QED) is 0.760. The molecule has 1 atom stereocenters. The zero-order valence-corrected chi connectivity index (χ0v) is 10.5. The molecule has 0 aromatic rings. The van der Waals surface area contributed by atoms with E-state index in [-0.39, 0.29) is 18.2 Å². The van der Waals surface area contributed by atoms with E-state index in [9.17, 15) is 13.2 Å². The molecule has 0 aliphatic carbocycles. The van der Waals surface area contributed by atoms with Crippen molar-refractivity contribution in [2.75, 3.05) is 18.8 Å². The molecule has 1 fully saturated rings. The summed E-state index contributed by atoms with van der Waals surface area (Å²) in [5.41, 5.74) is 5.21. The van der Waals surface area contributed by atoms with E-state index in [1.807, 2.05) is 6.92 Å². The zero-order valence-electron chi connectivity index (χ0n) is 9.68. The van der Waals surface area contributed by atoms with Gasteiger partial charge in [0.15, 0.2) is 0 Å². The van der Waals surface area contributed by atoms with Crippen LogP contribution >= 0.6 is 0 Å². The standard InChI is InChI=1S/C10H20N2O3S/c1-2-3-7-16(14,15)12-6-4-5-9(8-12)10(11)13/h9H,2-8H2,1H3,(H2,11,13)/t9-/m1/s1. The number of amides is 1. The van der Waals surface area contributed by atoms with Gasteiger partial charge in [0, 0.05) is 13.1 Å². The summed E-state index contributed by atoms with van der Waals surface area (Å²) in [6.07, 6.45) is 2.94. The smallest absolute Gasteiger partial charge is 0.221 e. The number of nitrogens with zero attached hydrogens (tertiary/aromatic N) is 1. The minimum absolute atomic E-state index is 0.176. The summed E-state index contributed by atoms with van der Waals surface area (Å²) in [6.45, 7) is 2.75. The van der Waals surface area contributed by atoms with E-state index in [0.29, 0.717) is 19.4 Å². The van der Waals surface area contributed by atoms with Gasteiger partial charge in [-0.15, -0.1) is 0 Å². The largest absolute Gasteiger partial charge is 0.369 e. The second-order valence-electron chi connectivity index (χ2n) is 4.27. The predicted octanol–water partition coefficient (Wildman–Crippen LogP) is 0.314. The maximum Gasteiger partial charge on any atom is 0.221 e. The fraction of sp³-hybridized carbons (Fsp3) is 0.900. The molecular weight excluding hydrogens is 228 g/mol. The van der Waals surface area contributed by atoms with Gasteiger partial charge in [0.05, 0.1) is 11.7 Å². The molecule has 1 heterocycles. The van der Waals surface area contributed by atoms with Crippen LogP contribution in [0, 0.1) is 5.92 Å². The highest BCUT2D eigenvalue weighted by molar-refractivity contribution is 7.89.